The lowest BCUT2D eigenvalue weighted by molar-refractivity contribution is -0.135. The van der Waals surface area contributed by atoms with E-state index in [2.05, 4.69) is 11.4 Å². The summed E-state index contributed by atoms with van der Waals surface area (Å²) >= 11 is 1.73. The van der Waals surface area contributed by atoms with E-state index >= 15 is 0 Å². The molecule has 1 fully saturated rings. The van der Waals surface area contributed by atoms with Crippen LogP contribution in [0.1, 0.15) is 45.2 Å². The van der Waals surface area contributed by atoms with Gasteiger partial charge in [-0.1, -0.05) is 23.8 Å². The van der Waals surface area contributed by atoms with Crippen molar-refractivity contribution >= 4 is 23.2 Å². The Morgan fingerprint density at radius 1 is 1.08 bits per heavy atom. The third kappa shape index (κ3) is 5.57. The number of fused-ring (bicyclic) bond motifs is 1. The zero-order chi connectivity index (χ0) is 25.1. The Bertz CT molecular complexity index is 1220. The molecule has 0 N–H and O–H groups in total. The van der Waals surface area contributed by atoms with E-state index in [0.29, 0.717) is 36.9 Å². The van der Waals surface area contributed by atoms with E-state index in [1.165, 1.54) is 4.88 Å². The van der Waals surface area contributed by atoms with Crippen LogP contribution >= 0.6 is 11.3 Å². The summed E-state index contributed by atoms with van der Waals surface area (Å²) in [7, 11) is 1.63. The molecule has 0 saturated heterocycles. The molecule has 1 aliphatic heterocycles. The van der Waals surface area contributed by atoms with E-state index in [-0.39, 0.29) is 24.4 Å². The summed E-state index contributed by atoms with van der Waals surface area (Å²) in [6, 6.07) is 17.0. The maximum absolute atomic E-state index is 13.7. The molecule has 0 bridgehead atoms. The number of methoxy groups -OCH3 is 1. The lowest BCUT2D eigenvalue weighted by Gasteiger charge is -2.37. The largest absolute Gasteiger partial charge is 0.497 e. The molecule has 1 aromatic heterocycles. The molecule has 0 radical (unpaired) electrons. The molecule has 0 spiro atoms. The van der Waals surface area contributed by atoms with Gasteiger partial charge < -0.3 is 19.3 Å². The molecule has 7 heteroatoms. The molecule has 2 aromatic carbocycles. The van der Waals surface area contributed by atoms with Crippen LogP contribution in [0.2, 0.25) is 0 Å². The molecule has 6 nitrogen and oxygen atoms in total. The lowest BCUT2D eigenvalue weighted by Crippen LogP contribution is -2.48. The molecule has 3 aromatic rings. The van der Waals surface area contributed by atoms with Crippen LogP contribution in [0.4, 0.5) is 0 Å². The minimum absolute atomic E-state index is 0.0350. The number of aryl methyl sites for hydroxylation is 1. The van der Waals surface area contributed by atoms with Crippen LogP contribution in [0.3, 0.4) is 0 Å². The summed E-state index contributed by atoms with van der Waals surface area (Å²) in [6.45, 7) is 3.67. The average molecular weight is 505 g/mol. The van der Waals surface area contributed by atoms with Crippen molar-refractivity contribution in [3.63, 3.8) is 0 Å². The van der Waals surface area contributed by atoms with Gasteiger partial charge in [0.1, 0.15) is 24.7 Å². The first-order chi connectivity index (χ1) is 17.5. The van der Waals surface area contributed by atoms with E-state index in [4.69, 9.17) is 9.47 Å². The van der Waals surface area contributed by atoms with Crippen molar-refractivity contribution in [3.8, 4) is 11.5 Å². The first kappa shape index (κ1) is 24.4. The Kier molecular flexibility index (Phi) is 7.28. The number of rotatable bonds is 9. The van der Waals surface area contributed by atoms with Gasteiger partial charge in [0.25, 0.3) is 5.91 Å². The quantitative estimate of drug-likeness (QED) is 0.406. The summed E-state index contributed by atoms with van der Waals surface area (Å²) in [5.41, 5.74) is 2.88. The minimum Gasteiger partial charge on any atom is -0.497 e. The van der Waals surface area contributed by atoms with Crippen molar-refractivity contribution in [1.82, 2.24) is 9.80 Å². The molecule has 1 aliphatic carbocycles. The van der Waals surface area contributed by atoms with Gasteiger partial charge in [0.2, 0.25) is 5.91 Å². The summed E-state index contributed by atoms with van der Waals surface area (Å²) in [5.74, 6) is 1.81. The van der Waals surface area contributed by atoms with Gasteiger partial charge in [0, 0.05) is 29.6 Å². The predicted octanol–water partition coefficient (Wildman–Crippen LogP) is 5.12. The summed E-state index contributed by atoms with van der Waals surface area (Å²) in [5, 5.41) is 2.08. The molecule has 2 amide bonds. The predicted molar refractivity (Wildman–Crippen MR) is 141 cm³/mol. The molecule has 2 heterocycles. The van der Waals surface area contributed by atoms with Crippen LogP contribution in [0, 0.1) is 12.8 Å². The lowest BCUT2D eigenvalue weighted by atomic mass is 10.00. The number of carbonyl (C=O) groups is 2. The molecule has 1 atom stereocenters. The first-order valence-corrected chi connectivity index (χ1v) is 13.4. The molecular formula is C29H32N2O4S. The van der Waals surface area contributed by atoms with Crippen LogP contribution in [-0.2, 0) is 11.2 Å². The second kappa shape index (κ2) is 10.7. The molecule has 188 valence electrons. The Morgan fingerprint density at radius 3 is 2.61 bits per heavy atom. The number of nitrogens with zero attached hydrogens (tertiary/aromatic N) is 2. The highest BCUT2D eigenvalue weighted by Gasteiger charge is 2.35. The first-order valence-electron chi connectivity index (χ1n) is 12.5. The van der Waals surface area contributed by atoms with Gasteiger partial charge in [-0.3, -0.25) is 9.59 Å². The fourth-order valence-corrected chi connectivity index (χ4v) is 5.63. The molecule has 5 rings (SSSR count). The Labute approximate surface area is 216 Å². The van der Waals surface area contributed by atoms with Gasteiger partial charge in [-0.15, -0.1) is 11.3 Å². The summed E-state index contributed by atoms with van der Waals surface area (Å²) < 4.78 is 11.5. The normalized spacial score (nSPS) is 16.8. The van der Waals surface area contributed by atoms with Crippen molar-refractivity contribution < 1.29 is 19.1 Å². The van der Waals surface area contributed by atoms with Crippen molar-refractivity contribution in [3.05, 3.63) is 81.5 Å². The third-order valence-electron chi connectivity index (χ3n) is 6.95. The topological polar surface area (TPSA) is 59.1 Å². The van der Waals surface area contributed by atoms with Crippen LogP contribution in [0.15, 0.2) is 60.0 Å². The van der Waals surface area contributed by atoms with Gasteiger partial charge in [0.15, 0.2) is 0 Å². The van der Waals surface area contributed by atoms with Crippen molar-refractivity contribution in [2.75, 3.05) is 33.4 Å². The monoisotopic (exact) mass is 504 g/mol. The fourth-order valence-electron chi connectivity index (χ4n) is 4.70. The van der Waals surface area contributed by atoms with Crippen LogP contribution < -0.4 is 9.47 Å². The summed E-state index contributed by atoms with van der Waals surface area (Å²) in [4.78, 5) is 32.0. The second-order valence-corrected chi connectivity index (χ2v) is 10.6. The zero-order valence-electron chi connectivity index (χ0n) is 20.8. The maximum atomic E-state index is 13.7. The SMILES string of the molecule is COc1cccc(OCC2c3ccsc3CCN2C(=O)CN(CC2CC2)C(=O)c2ccc(C)cc2)c1. The Balaban J connectivity index is 1.33. The third-order valence-corrected chi connectivity index (χ3v) is 7.95. The Hall–Kier alpha value is -3.32. The Morgan fingerprint density at radius 2 is 1.86 bits per heavy atom. The van der Waals surface area contributed by atoms with E-state index < -0.39 is 0 Å². The summed E-state index contributed by atoms with van der Waals surface area (Å²) in [6.07, 6.45) is 3.05. The highest BCUT2D eigenvalue weighted by molar-refractivity contribution is 7.10. The standard InChI is InChI=1S/C29H32N2O4S/c1-20-6-10-22(11-7-20)29(33)30(17-21-8-9-21)18-28(32)31-14-12-27-25(13-15-36-27)26(31)19-35-24-5-3-4-23(16-24)34-2/h3-7,10-11,13,15-16,21,26H,8-9,12,14,17-19H2,1-2H3. The smallest absolute Gasteiger partial charge is 0.254 e. The molecule has 1 saturated carbocycles. The van der Waals surface area contributed by atoms with E-state index in [1.54, 1.807) is 23.3 Å². The van der Waals surface area contributed by atoms with E-state index in [1.807, 2.05) is 60.4 Å². The van der Waals surface area contributed by atoms with Gasteiger partial charge in [-0.2, -0.15) is 0 Å². The number of benzene rings is 2. The van der Waals surface area contributed by atoms with Gasteiger partial charge in [-0.25, -0.2) is 0 Å². The number of hydrogen-bond donors (Lipinski definition) is 0. The molecular weight excluding hydrogens is 472 g/mol. The zero-order valence-corrected chi connectivity index (χ0v) is 21.6. The van der Waals surface area contributed by atoms with Gasteiger partial charge >= 0.3 is 0 Å². The van der Waals surface area contributed by atoms with E-state index in [0.717, 1.165) is 36.1 Å². The van der Waals surface area contributed by atoms with E-state index in [9.17, 15) is 9.59 Å². The van der Waals surface area contributed by atoms with Crippen LogP contribution in [0.5, 0.6) is 11.5 Å². The maximum Gasteiger partial charge on any atom is 0.254 e. The highest BCUT2D eigenvalue weighted by Crippen LogP contribution is 2.35. The number of amides is 2. The molecule has 1 unspecified atom stereocenters. The van der Waals surface area contributed by atoms with Crippen LogP contribution in [-0.4, -0.2) is 55.0 Å². The minimum atomic E-state index is -0.198. The highest BCUT2D eigenvalue weighted by atomic mass is 32.1. The number of thiophene rings is 1. The van der Waals surface area contributed by atoms with Gasteiger partial charge in [-0.05, 0) is 73.4 Å². The number of ether oxygens (including phenoxy) is 2. The van der Waals surface area contributed by atoms with Gasteiger partial charge in [0.05, 0.1) is 13.2 Å². The fraction of sp³-hybridized carbons (Fsp3) is 0.379. The van der Waals surface area contributed by atoms with Crippen LogP contribution in [0.25, 0.3) is 0 Å². The van der Waals surface area contributed by atoms with Crippen molar-refractivity contribution in [2.24, 2.45) is 5.92 Å². The average Bonchev–Trinajstić information content (AvgIpc) is 3.59. The molecule has 2 aliphatic rings. The van der Waals surface area contributed by atoms with Crippen molar-refractivity contribution in [1.29, 1.82) is 0 Å². The number of hydrogen-bond acceptors (Lipinski definition) is 5. The van der Waals surface area contributed by atoms with Crippen molar-refractivity contribution in [2.45, 2.75) is 32.2 Å². The molecule has 36 heavy (non-hydrogen) atoms. The number of carbonyl (C=O) groups excluding carboxylic acids is 2. The second-order valence-electron chi connectivity index (χ2n) is 9.64.